The van der Waals surface area contributed by atoms with Crippen LogP contribution in [0.5, 0.6) is 5.75 Å². The Morgan fingerprint density at radius 3 is 2.39 bits per heavy atom. The minimum absolute atomic E-state index is 0.0228. The quantitative estimate of drug-likeness (QED) is 0.315. The van der Waals surface area contributed by atoms with Crippen LogP contribution in [0.1, 0.15) is 64.4 Å². The number of alkyl halides is 3. The Labute approximate surface area is 256 Å². The Morgan fingerprint density at radius 1 is 0.977 bits per heavy atom. The lowest BCUT2D eigenvalue weighted by Crippen LogP contribution is -2.57. The van der Waals surface area contributed by atoms with Gasteiger partial charge in [0.25, 0.3) is 0 Å². The molecule has 0 spiro atoms. The zero-order chi connectivity index (χ0) is 31.3. The SMILES string of the molecule is C[C@]12CC[C@H](O)CC1=CC=C1[C@@H]2CC[C@@]2(C)[C@H]1CC[C@@]2(O)CN(Cc1ccc(OC(F)(F)F)cc1)C(=O)Nc1ccccc1. The lowest BCUT2D eigenvalue weighted by molar-refractivity contribution is -0.274. The summed E-state index contributed by atoms with van der Waals surface area (Å²) in [5, 5.41) is 25.7. The molecule has 0 unspecified atom stereocenters. The third-order valence-electron chi connectivity index (χ3n) is 11.2. The summed E-state index contributed by atoms with van der Waals surface area (Å²) >= 11 is 0. The molecule has 2 aromatic carbocycles. The highest BCUT2D eigenvalue weighted by Crippen LogP contribution is 2.66. The molecule has 0 saturated heterocycles. The molecular weight excluding hydrogens is 569 g/mol. The number of hydrogen-bond donors (Lipinski definition) is 3. The maximum Gasteiger partial charge on any atom is 0.573 e. The number of allylic oxidation sites excluding steroid dienone is 3. The summed E-state index contributed by atoms with van der Waals surface area (Å²) in [6.07, 6.45) is 4.97. The van der Waals surface area contributed by atoms with E-state index < -0.39 is 23.4 Å². The second-order valence-electron chi connectivity index (χ2n) is 13.6. The van der Waals surface area contributed by atoms with Crippen LogP contribution in [0.3, 0.4) is 0 Å². The van der Waals surface area contributed by atoms with Crippen molar-refractivity contribution in [3.63, 3.8) is 0 Å². The van der Waals surface area contributed by atoms with Crippen LogP contribution in [0.4, 0.5) is 23.7 Å². The van der Waals surface area contributed by atoms with E-state index in [2.05, 4.69) is 36.1 Å². The van der Waals surface area contributed by atoms with Gasteiger partial charge in [0.1, 0.15) is 5.75 Å². The number of hydrogen-bond acceptors (Lipinski definition) is 4. The van der Waals surface area contributed by atoms with Gasteiger partial charge in [0.2, 0.25) is 0 Å². The van der Waals surface area contributed by atoms with Gasteiger partial charge >= 0.3 is 12.4 Å². The van der Waals surface area contributed by atoms with E-state index >= 15 is 0 Å². The van der Waals surface area contributed by atoms with Gasteiger partial charge in [-0.2, -0.15) is 0 Å². The summed E-state index contributed by atoms with van der Waals surface area (Å²) in [6, 6.07) is 14.2. The van der Waals surface area contributed by atoms with E-state index in [0.717, 1.165) is 38.5 Å². The fourth-order valence-corrected chi connectivity index (χ4v) is 8.61. The number of nitrogens with zero attached hydrogens (tertiary/aromatic N) is 1. The molecule has 9 heteroatoms. The van der Waals surface area contributed by atoms with Gasteiger partial charge < -0.3 is 25.2 Å². The molecule has 6 nitrogen and oxygen atoms in total. The fourth-order valence-electron chi connectivity index (χ4n) is 8.61. The normalized spacial score (nSPS) is 32.8. The summed E-state index contributed by atoms with van der Waals surface area (Å²) in [5.41, 5.74) is 2.35. The van der Waals surface area contributed by atoms with Crippen LogP contribution >= 0.6 is 0 Å². The standard InChI is InChI=1S/C35H41F3N2O4/c1-32-17-14-26(41)20-24(32)10-13-28-29(32)15-18-33(2)30(28)16-19-34(33,43)22-40(31(42)39-25-6-4-3-5-7-25)21-23-8-11-27(12-9-23)44-35(36,37)38/h3-13,26,29-30,41,43H,14-22H2,1-2H3,(H,39,42)/t26-,29-,30-,32-,33-,34+/m0/s1. The predicted octanol–water partition coefficient (Wildman–Crippen LogP) is 7.59. The van der Waals surface area contributed by atoms with Crippen LogP contribution < -0.4 is 10.1 Å². The van der Waals surface area contributed by atoms with Crippen molar-refractivity contribution < 1.29 is 32.9 Å². The molecule has 6 atom stereocenters. The molecular formula is C35H41F3N2O4. The first-order valence-electron chi connectivity index (χ1n) is 15.6. The number of benzene rings is 2. The first kappa shape index (κ1) is 30.7. The molecule has 4 aliphatic rings. The van der Waals surface area contributed by atoms with Crippen LogP contribution in [0.25, 0.3) is 0 Å². The number of halogens is 3. The fraction of sp³-hybridized carbons (Fsp3) is 0.514. The molecule has 2 aromatic rings. The number of amides is 2. The lowest BCUT2D eigenvalue weighted by Gasteiger charge is -2.56. The molecule has 0 heterocycles. The van der Waals surface area contributed by atoms with Crippen molar-refractivity contribution in [1.29, 1.82) is 0 Å². The van der Waals surface area contributed by atoms with Gasteiger partial charge in [0, 0.05) is 17.6 Å². The molecule has 3 N–H and O–H groups in total. The van der Waals surface area contributed by atoms with Crippen LogP contribution in [-0.2, 0) is 6.54 Å². The molecule has 4 aliphatic carbocycles. The Kier molecular flexibility index (Phi) is 7.85. The third kappa shape index (κ3) is 5.65. The average molecular weight is 611 g/mol. The molecule has 0 aromatic heterocycles. The highest BCUT2D eigenvalue weighted by molar-refractivity contribution is 5.89. The summed E-state index contributed by atoms with van der Waals surface area (Å²) in [4.78, 5) is 15.3. The number of ether oxygens (including phenoxy) is 1. The van der Waals surface area contributed by atoms with E-state index in [1.807, 2.05) is 18.2 Å². The summed E-state index contributed by atoms with van der Waals surface area (Å²) < 4.78 is 42.1. The maximum absolute atomic E-state index is 13.7. The Hall–Kier alpha value is -3.30. The van der Waals surface area contributed by atoms with Crippen molar-refractivity contribution in [1.82, 2.24) is 4.90 Å². The monoisotopic (exact) mass is 610 g/mol. The average Bonchev–Trinajstić information content (AvgIpc) is 3.24. The number of fused-ring (bicyclic) bond motifs is 5. The van der Waals surface area contributed by atoms with E-state index in [-0.39, 0.29) is 36.3 Å². The first-order valence-corrected chi connectivity index (χ1v) is 15.6. The Balaban J connectivity index is 1.26. The molecule has 44 heavy (non-hydrogen) atoms. The number of carbonyl (C=O) groups is 1. The number of nitrogens with one attached hydrogen (secondary N) is 1. The molecule has 236 valence electrons. The van der Waals surface area contributed by atoms with Gasteiger partial charge in [-0.05, 0) is 92.0 Å². The minimum Gasteiger partial charge on any atom is -0.406 e. The molecule has 3 saturated carbocycles. The number of aliphatic hydroxyl groups is 2. The number of urea groups is 1. The summed E-state index contributed by atoms with van der Waals surface area (Å²) in [5.74, 6) is 0.220. The molecule has 2 amide bonds. The van der Waals surface area contributed by atoms with Crippen molar-refractivity contribution in [2.24, 2.45) is 22.7 Å². The molecule has 0 radical (unpaired) electrons. The van der Waals surface area contributed by atoms with Gasteiger partial charge in [-0.25, -0.2) is 4.79 Å². The van der Waals surface area contributed by atoms with Crippen LogP contribution in [0, 0.1) is 22.7 Å². The van der Waals surface area contributed by atoms with Gasteiger partial charge in [-0.3, -0.25) is 0 Å². The molecule has 6 rings (SSSR count). The zero-order valence-electron chi connectivity index (χ0n) is 25.2. The van der Waals surface area contributed by atoms with Gasteiger partial charge in [-0.15, -0.1) is 13.2 Å². The Morgan fingerprint density at radius 2 is 1.68 bits per heavy atom. The lowest BCUT2D eigenvalue weighted by atomic mass is 9.50. The van der Waals surface area contributed by atoms with Gasteiger partial charge in [0.05, 0.1) is 18.2 Å². The maximum atomic E-state index is 13.7. The number of aliphatic hydroxyl groups excluding tert-OH is 1. The Bertz CT molecular complexity index is 1440. The van der Waals surface area contributed by atoms with Crippen molar-refractivity contribution >= 4 is 11.7 Å². The highest BCUT2D eigenvalue weighted by Gasteiger charge is 2.62. The minimum atomic E-state index is -4.79. The van der Waals surface area contributed by atoms with Crippen LogP contribution in [0.2, 0.25) is 0 Å². The summed E-state index contributed by atoms with van der Waals surface area (Å²) in [6.45, 7) is 4.69. The number of rotatable bonds is 6. The van der Waals surface area contributed by atoms with Crippen molar-refractivity contribution in [2.75, 3.05) is 11.9 Å². The number of anilines is 1. The number of carbonyl (C=O) groups excluding carboxylic acids is 1. The second-order valence-corrected chi connectivity index (χ2v) is 13.6. The van der Waals surface area contributed by atoms with Crippen molar-refractivity contribution in [3.8, 4) is 5.75 Å². The zero-order valence-corrected chi connectivity index (χ0v) is 25.2. The largest absolute Gasteiger partial charge is 0.573 e. The summed E-state index contributed by atoms with van der Waals surface area (Å²) in [7, 11) is 0. The van der Waals surface area contributed by atoms with E-state index in [0.29, 0.717) is 23.6 Å². The van der Waals surface area contributed by atoms with Gasteiger partial charge in [-0.1, -0.05) is 67.5 Å². The second kappa shape index (κ2) is 11.2. The van der Waals surface area contributed by atoms with Crippen LogP contribution in [-0.4, -0.2) is 45.8 Å². The molecule has 0 aliphatic heterocycles. The molecule has 3 fully saturated rings. The van der Waals surface area contributed by atoms with E-state index in [1.165, 1.54) is 35.4 Å². The van der Waals surface area contributed by atoms with E-state index in [1.54, 1.807) is 17.0 Å². The van der Waals surface area contributed by atoms with E-state index in [4.69, 9.17) is 0 Å². The van der Waals surface area contributed by atoms with E-state index in [9.17, 15) is 28.2 Å². The third-order valence-corrected chi connectivity index (χ3v) is 11.2. The van der Waals surface area contributed by atoms with Crippen LogP contribution in [0.15, 0.2) is 77.9 Å². The first-order chi connectivity index (χ1) is 20.8. The topological polar surface area (TPSA) is 82.0 Å². The van der Waals surface area contributed by atoms with Crippen molar-refractivity contribution in [3.05, 3.63) is 83.5 Å². The highest BCUT2D eigenvalue weighted by atomic mass is 19.4. The smallest absolute Gasteiger partial charge is 0.406 e. The molecule has 0 bridgehead atoms. The number of para-hydroxylation sites is 1. The van der Waals surface area contributed by atoms with Crippen molar-refractivity contribution in [2.45, 2.75) is 83.4 Å². The van der Waals surface area contributed by atoms with Gasteiger partial charge in [0.15, 0.2) is 0 Å². The predicted molar refractivity (Wildman–Crippen MR) is 162 cm³/mol.